The van der Waals surface area contributed by atoms with Gasteiger partial charge in [-0.3, -0.25) is 4.79 Å². The number of benzene rings is 1. The van der Waals surface area contributed by atoms with Gasteiger partial charge in [-0.05, 0) is 43.6 Å². The molecule has 0 fully saturated rings. The molecule has 0 N–H and O–H groups in total. The SMILES string of the molecule is CCCCCCCC(=O)SCCC[Si]Oc1cc(OCCC)c(C(C)C)c(OCCC)c1C(C)C. The number of hydrogen-bond acceptors (Lipinski definition) is 5. The zero-order chi connectivity index (χ0) is 26.1. The van der Waals surface area contributed by atoms with Crippen LogP contribution in [0.1, 0.15) is 129 Å². The topological polar surface area (TPSA) is 44.8 Å². The van der Waals surface area contributed by atoms with Gasteiger partial charge in [0.25, 0.3) is 0 Å². The van der Waals surface area contributed by atoms with Gasteiger partial charge < -0.3 is 13.9 Å². The molecule has 1 aromatic carbocycles. The first kappa shape index (κ1) is 31.9. The van der Waals surface area contributed by atoms with Crippen LogP contribution >= 0.6 is 11.8 Å². The Morgan fingerprint density at radius 3 is 2.09 bits per heavy atom. The summed E-state index contributed by atoms with van der Waals surface area (Å²) in [6.07, 6.45) is 9.61. The fourth-order valence-electron chi connectivity index (χ4n) is 3.92. The lowest BCUT2D eigenvalue weighted by atomic mass is 9.92. The molecule has 0 aliphatic heterocycles. The van der Waals surface area contributed by atoms with Gasteiger partial charge in [-0.25, -0.2) is 0 Å². The van der Waals surface area contributed by atoms with Gasteiger partial charge in [-0.2, -0.15) is 0 Å². The van der Waals surface area contributed by atoms with Gasteiger partial charge >= 0.3 is 9.76 Å². The van der Waals surface area contributed by atoms with Crippen LogP contribution in [0.2, 0.25) is 6.04 Å². The third-order valence-corrected chi connectivity index (χ3v) is 7.64. The highest BCUT2D eigenvalue weighted by Gasteiger charge is 2.25. The Bertz CT molecular complexity index is 721. The zero-order valence-electron chi connectivity index (χ0n) is 23.5. The van der Waals surface area contributed by atoms with E-state index in [-0.39, 0.29) is 5.92 Å². The highest BCUT2D eigenvalue weighted by Crippen LogP contribution is 2.46. The predicted octanol–water partition coefficient (Wildman–Crippen LogP) is 8.94. The van der Waals surface area contributed by atoms with Crippen molar-refractivity contribution in [3.63, 3.8) is 0 Å². The van der Waals surface area contributed by atoms with E-state index < -0.39 is 0 Å². The van der Waals surface area contributed by atoms with E-state index in [1.54, 1.807) is 0 Å². The number of unbranched alkanes of at least 4 members (excludes halogenated alkanes) is 4. The molecule has 2 radical (unpaired) electrons. The third-order valence-electron chi connectivity index (χ3n) is 5.70. The number of carbonyl (C=O) groups is 1. The minimum absolute atomic E-state index is 0.282. The van der Waals surface area contributed by atoms with Gasteiger partial charge in [0, 0.05) is 29.4 Å². The molecule has 0 saturated carbocycles. The molecule has 1 rings (SSSR count). The summed E-state index contributed by atoms with van der Waals surface area (Å²) in [6, 6.07) is 3.04. The Hall–Kier alpha value is -1.14. The first-order valence-corrected chi connectivity index (χ1v) is 16.0. The fourth-order valence-corrected chi connectivity index (χ4v) is 5.73. The summed E-state index contributed by atoms with van der Waals surface area (Å²) >= 11 is 1.49. The molecule has 1 aromatic rings. The minimum Gasteiger partial charge on any atom is -0.540 e. The standard InChI is InChI=1S/C29H50O4SSi/c1-8-11-12-13-14-16-26(30)34-19-15-20-35-33-25-21-24(31-17-9-2)27(22(4)5)29(32-18-10-3)28(25)23(6)7/h21-23H,8-20H2,1-7H3. The van der Waals surface area contributed by atoms with E-state index in [0.717, 1.165) is 65.9 Å². The van der Waals surface area contributed by atoms with Gasteiger partial charge in [0.15, 0.2) is 5.12 Å². The predicted molar refractivity (Wildman–Crippen MR) is 153 cm³/mol. The Kier molecular flexibility index (Phi) is 17.3. The van der Waals surface area contributed by atoms with Crippen LogP contribution in [0.15, 0.2) is 6.07 Å². The number of hydrogen-bond donors (Lipinski definition) is 0. The monoisotopic (exact) mass is 522 g/mol. The Labute approximate surface area is 222 Å². The maximum atomic E-state index is 12.1. The van der Waals surface area contributed by atoms with Crippen molar-refractivity contribution in [1.82, 2.24) is 0 Å². The summed E-state index contributed by atoms with van der Waals surface area (Å²) in [5.41, 5.74) is 2.29. The molecule has 0 amide bonds. The molecule has 0 spiro atoms. The Morgan fingerprint density at radius 1 is 0.829 bits per heavy atom. The van der Waals surface area contributed by atoms with Crippen LogP contribution in [0, 0.1) is 0 Å². The van der Waals surface area contributed by atoms with E-state index in [1.165, 1.54) is 37.4 Å². The molecule has 0 saturated heterocycles. The lowest BCUT2D eigenvalue weighted by Crippen LogP contribution is -2.12. The summed E-state index contributed by atoms with van der Waals surface area (Å²) in [5.74, 6) is 4.18. The maximum Gasteiger partial charge on any atom is 0.310 e. The Balaban J connectivity index is 2.76. The van der Waals surface area contributed by atoms with E-state index in [1.807, 2.05) is 0 Å². The van der Waals surface area contributed by atoms with Gasteiger partial charge in [-0.1, -0.05) is 85.9 Å². The summed E-state index contributed by atoms with van der Waals surface area (Å²) < 4.78 is 18.9. The molecule has 0 heterocycles. The molecular weight excluding hydrogens is 472 g/mol. The van der Waals surface area contributed by atoms with Crippen LogP contribution in [0.3, 0.4) is 0 Å². The second-order valence-electron chi connectivity index (χ2n) is 9.77. The molecule has 4 nitrogen and oxygen atoms in total. The number of ether oxygens (including phenoxy) is 2. The second-order valence-corrected chi connectivity index (χ2v) is 11.9. The second kappa shape index (κ2) is 19.0. The van der Waals surface area contributed by atoms with Gasteiger partial charge in [0.05, 0.1) is 13.2 Å². The molecular formula is C29H50O4SSi. The van der Waals surface area contributed by atoms with Crippen LogP contribution < -0.4 is 13.9 Å². The largest absolute Gasteiger partial charge is 0.540 e. The zero-order valence-corrected chi connectivity index (χ0v) is 25.3. The first-order valence-electron chi connectivity index (χ1n) is 13.9. The molecule has 6 heteroatoms. The summed E-state index contributed by atoms with van der Waals surface area (Å²) in [7, 11) is 0.356. The highest BCUT2D eigenvalue weighted by atomic mass is 32.2. The van der Waals surface area contributed by atoms with Gasteiger partial charge in [0.2, 0.25) is 0 Å². The average molecular weight is 523 g/mol. The first-order chi connectivity index (χ1) is 16.9. The van der Waals surface area contributed by atoms with Crippen LogP contribution in [0.5, 0.6) is 17.2 Å². The van der Waals surface area contributed by atoms with E-state index in [2.05, 4.69) is 54.5 Å². The third kappa shape index (κ3) is 12.1. The van der Waals surface area contributed by atoms with Crippen LogP contribution in [0.4, 0.5) is 0 Å². The Morgan fingerprint density at radius 2 is 1.46 bits per heavy atom. The quantitative estimate of drug-likeness (QED) is 0.126. The lowest BCUT2D eigenvalue weighted by molar-refractivity contribution is -0.111. The summed E-state index contributed by atoms with van der Waals surface area (Å²) in [5, 5.41) is 0.340. The van der Waals surface area contributed by atoms with E-state index >= 15 is 0 Å². The van der Waals surface area contributed by atoms with Crippen molar-refractivity contribution in [2.24, 2.45) is 0 Å². The molecule has 0 bridgehead atoms. The maximum absolute atomic E-state index is 12.1. The highest BCUT2D eigenvalue weighted by molar-refractivity contribution is 8.13. The fraction of sp³-hybridized carbons (Fsp3) is 0.759. The van der Waals surface area contributed by atoms with Crippen molar-refractivity contribution in [2.45, 2.75) is 124 Å². The number of carbonyl (C=O) groups excluding carboxylic acids is 1. The summed E-state index contributed by atoms with van der Waals surface area (Å²) in [6.45, 7) is 16.6. The summed E-state index contributed by atoms with van der Waals surface area (Å²) in [4.78, 5) is 12.1. The van der Waals surface area contributed by atoms with E-state index in [4.69, 9.17) is 13.9 Å². The van der Waals surface area contributed by atoms with Crippen LogP contribution in [-0.2, 0) is 4.79 Å². The van der Waals surface area contributed by atoms with Crippen molar-refractivity contribution >= 4 is 26.6 Å². The smallest absolute Gasteiger partial charge is 0.310 e. The molecule has 0 aliphatic carbocycles. The average Bonchev–Trinajstić information content (AvgIpc) is 2.82. The van der Waals surface area contributed by atoms with Crippen LogP contribution in [-0.4, -0.2) is 33.8 Å². The van der Waals surface area contributed by atoms with Gasteiger partial charge in [0.1, 0.15) is 17.2 Å². The van der Waals surface area contributed by atoms with Crippen LogP contribution in [0.25, 0.3) is 0 Å². The van der Waals surface area contributed by atoms with E-state index in [0.29, 0.717) is 40.4 Å². The molecule has 200 valence electrons. The van der Waals surface area contributed by atoms with Crippen molar-refractivity contribution in [1.29, 1.82) is 0 Å². The van der Waals surface area contributed by atoms with Crippen molar-refractivity contribution < 1.29 is 18.7 Å². The van der Waals surface area contributed by atoms with E-state index in [9.17, 15) is 4.79 Å². The van der Waals surface area contributed by atoms with Crippen molar-refractivity contribution in [2.75, 3.05) is 19.0 Å². The minimum atomic E-state index is 0.282. The van der Waals surface area contributed by atoms with Crippen molar-refractivity contribution in [3.05, 3.63) is 17.2 Å². The lowest BCUT2D eigenvalue weighted by Gasteiger charge is -2.26. The van der Waals surface area contributed by atoms with Gasteiger partial charge in [-0.15, -0.1) is 0 Å². The molecule has 0 aliphatic rings. The normalized spacial score (nSPS) is 11.3. The molecule has 35 heavy (non-hydrogen) atoms. The molecule has 0 aromatic heterocycles. The van der Waals surface area contributed by atoms with Crippen molar-refractivity contribution in [3.8, 4) is 17.2 Å². The number of thioether (sulfide) groups is 1. The molecule has 0 unspecified atom stereocenters. The molecule has 0 atom stereocenters. The number of rotatable bonds is 20.